The molecule has 1 atom stereocenters. The first kappa shape index (κ1) is 12.4. The molecule has 2 nitrogen and oxygen atoms in total. The fraction of sp³-hybridized carbons (Fsp3) is 0.500. The molecule has 0 saturated carbocycles. The molecule has 0 bridgehead atoms. The molecule has 0 spiro atoms. The van der Waals surface area contributed by atoms with E-state index in [9.17, 15) is 5.26 Å². The predicted octanol–water partition coefficient (Wildman–Crippen LogP) is 3.64. The Morgan fingerprint density at radius 2 is 2.00 bits per heavy atom. The van der Waals surface area contributed by atoms with Crippen molar-refractivity contribution >= 4 is 11.6 Å². The normalized spacial score (nSPS) is 19.8. The van der Waals surface area contributed by atoms with Crippen LogP contribution in [0.1, 0.15) is 31.4 Å². The van der Waals surface area contributed by atoms with Gasteiger partial charge in [-0.2, -0.15) is 5.26 Å². The number of piperidine rings is 1. The Labute approximate surface area is 108 Å². The zero-order valence-electron chi connectivity index (χ0n) is 10.1. The van der Waals surface area contributed by atoms with E-state index < -0.39 is 0 Å². The molecule has 17 heavy (non-hydrogen) atoms. The van der Waals surface area contributed by atoms with Gasteiger partial charge in [-0.15, -0.1) is 0 Å². The monoisotopic (exact) mass is 248 g/mol. The van der Waals surface area contributed by atoms with Crippen LogP contribution in [0.2, 0.25) is 5.02 Å². The summed E-state index contributed by atoms with van der Waals surface area (Å²) in [5.41, 5.74) is 0.936. The van der Waals surface area contributed by atoms with Crippen molar-refractivity contribution in [2.75, 3.05) is 13.1 Å². The number of hydrogen-bond donors (Lipinski definition) is 0. The third kappa shape index (κ3) is 2.80. The maximum atomic E-state index is 9.37. The van der Waals surface area contributed by atoms with Crippen molar-refractivity contribution in [3.63, 3.8) is 0 Å². The van der Waals surface area contributed by atoms with Crippen LogP contribution in [0.5, 0.6) is 0 Å². The van der Waals surface area contributed by atoms with Crippen LogP contribution in [0.3, 0.4) is 0 Å². The molecular formula is C14H17ClN2. The highest BCUT2D eigenvalue weighted by atomic mass is 35.5. The van der Waals surface area contributed by atoms with E-state index in [0.717, 1.165) is 24.6 Å². The lowest BCUT2D eigenvalue weighted by atomic mass is 9.96. The molecule has 0 aliphatic carbocycles. The van der Waals surface area contributed by atoms with Crippen molar-refractivity contribution in [3.8, 4) is 6.07 Å². The van der Waals surface area contributed by atoms with Gasteiger partial charge in [0.25, 0.3) is 0 Å². The van der Waals surface area contributed by atoms with Gasteiger partial charge in [-0.25, -0.2) is 0 Å². The largest absolute Gasteiger partial charge is 0.284 e. The summed E-state index contributed by atoms with van der Waals surface area (Å²) >= 11 is 6.17. The number of nitrogens with zero attached hydrogens (tertiary/aromatic N) is 2. The summed E-state index contributed by atoms with van der Waals surface area (Å²) in [5, 5.41) is 10.1. The van der Waals surface area contributed by atoms with E-state index in [4.69, 9.17) is 11.6 Å². The van der Waals surface area contributed by atoms with Crippen LogP contribution in [0.25, 0.3) is 0 Å². The molecule has 0 N–H and O–H groups in total. The number of rotatable bonds is 2. The van der Waals surface area contributed by atoms with E-state index in [1.54, 1.807) is 0 Å². The molecule has 0 radical (unpaired) electrons. The summed E-state index contributed by atoms with van der Waals surface area (Å²) < 4.78 is 0. The molecule has 0 aromatic heterocycles. The summed E-state index contributed by atoms with van der Waals surface area (Å²) in [4.78, 5) is 2.24. The molecule has 0 amide bonds. The fourth-order valence-electron chi connectivity index (χ4n) is 2.33. The molecule has 1 unspecified atom stereocenters. The second-order valence-electron chi connectivity index (χ2n) is 4.77. The van der Waals surface area contributed by atoms with E-state index in [-0.39, 0.29) is 6.04 Å². The van der Waals surface area contributed by atoms with E-state index in [1.165, 1.54) is 12.8 Å². The highest BCUT2D eigenvalue weighted by Gasteiger charge is 2.25. The molecule has 3 heteroatoms. The fourth-order valence-corrected chi connectivity index (χ4v) is 2.57. The van der Waals surface area contributed by atoms with Crippen molar-refractivity contribution in [2.24, 2.45) is 5.92 Å². The van der Waals surface area contributed by atoms with Crippen LogP contribution in [0.15, 0.2) is 24.3 Å². The topological polar surface area (TPSA) is 27.0 Å². The van der Waals surface area contributed by atoms with Gasteiger partial charge < -0.3 is 0 Å². The van der Waals surface area contributed by atoms with Gasteiger partial charge in [-0.3, -0.25) is 4.90 Å². The lowest BCUT2D eigenvalue weighted by molar-refractivity contribution is 0.165. The van der Waals surface area contributed by atoms with Crippen molar-refractivity contribution in [1.82, 2.24) is 4.90 Å². The van der Waals surface area contributed by atoms with E-state index in [0.29, 0.717) is 5.02 Å². The first-order chi connectivity index (χ1) is 8.22. The third-order valence-electron chi connectivity index (χ3n) is 3.51. The van der Waals surface area contributed by atoms with Crippen molar-refractivity contribution in [1.29, 1.82) is 5.26 Å². The number of likely N-dealkylation sites (tertiary alicyclic amines) is 1. The second-order valence-corrected chi connectivity index (χ2v) is 5.18. The van der Waals surface area contributed by atoms with Gasteiger partial charge in [0.05, 0.1) is 6.07 Å². The second kappa shape index (κ2) is 5.53. The van der Waals surface area contributed by atoms with Gasteiger partial charge >= 0.3 is 0 Å². The first-order valence-corrected chi connectivity index (χ1v) is 6.48. The van der Waals surface area contributed by atoms with Gasteiger partial charge in [0.1, 0.15) is 6.04 Å². The Balaban J connectivity index is 2.18. The molecule has 2 rings (SSSR count). The Hall–Kier alpha value is -1.04. The molecule has 90 valence electrons. The maximum absolute atomic E-state index is 9.37. The minimum Gasteiger partial charge on any atom is -0.284 e. The highest BCUT2D eigenvalue weighted by molar-refractivity contribution is 6.31. The van der Waals surface area contributed by atoms with Gasteiger partial charge in [-0.05, 0) is 37.9 Å². The Kier molecular flexibility index (Phi) is 4.04. The molecule has 1 aliphatic heterocycles. The molecule has 1 aliphatic rings. The van der Waals surface area contributed by atoms with E-state index in [1.807, 2.05) is 24.3 Å². The summed E-state index contributed by atoms with van der Waals surface area (Å²) in [6, 6.07) is 9.84. The smallest absolute Gasteiger partial charge is 0.125 e. The number of benzene rings is 1. The Morgan fingerprint density at radius 3 is 2.59 bits per heavy atom. The minimum absolute atomic E-state index is 0.198. The average Bonchev–Trinajstić information content (AvgIpc) is 2.35. The first-order valence-electron chi connectivity index (χ1n) is 6.10. The molecule has 1 saturated heterocycles. The van der Waals surface area contributed by atoms with Crippen LogP contribution in [0, 0.1) is 17.2 Å². The van der Waals surface area contributed by atoms with Crippen molar-refractivity contribution < 1.29 is 0 Å². The predicted molar refractivity (Wildman–Crippen MR) is 69.8 cm³/mol. The van der Waals surface area contributed by atoms with Crippen LogP contribution >= 0.6 is 11.6 Å². The molecule has 1 aromatic rings. The van der Waals surface area contributed by atoms with Gasteiger partial charge in [0, 0.05) is 10.6 Å². The average molecular weight is 249 g/mol. The SMILES string of the molecule is CC1CCN(C(C#N)c2ccccc2Cl)CC1. The van der Waals surface area contributed by atoms with E-state index >= 15 is 0 Å². The minimum atomic E-state index is -0.198. The summed E-state index contributed by atoms with van der Waals surface area (Å²) in [6.07, 6.45) is 2.34. The Morgan fingerprint density at radius 1 is 1.35 bits per heavy atom. The number of halogens is 1. The van der Waals surface area contributed by atoms with Gasteiger partial charge in [0.15, 0.2) is 0 Å². The molecule has 1 fully saturated rings. The summed E-state index contributed by atoms with van der Waals surface area (Å²) in [6.45, 7) is 4.25. The number of hydrogen-bond acceptors (Lipinski definition) is 2. The number of nitriles is 1. The zero-order chi connectivity index (χ0) is 12.3. The van der Waals surface area contributed by atoms with Gasteiger partial charge in [-0.1, -0.05) is 36.7 Å². The quantitative estimate of drug-likeness (QED) is 0.799. The lowest BCUT2D eigenvalue weighted by Crippen LogP contribution is -2.35. The van der Waals surface area contributed by atoms with Crippen LogP contribution in [0.4, 0.5) is 0 Å². The van der Waals surface area contributed by atoms with Crippen LogP contribution in [-0.2, 0) is 0 Å². The lowest BCUT2D eigenvalue weighted by Gasteiger charge is -2.33. The van der Waals surface area contributed by atoms with Crippen LogP contribution < -0.4 is 0 Å². The molecular weight excluding hydrogens is 232 g/mol. The standard InChI is InChI=1S/C14H17ClN2/c1-11-6-8-17(9-7-11)14(10-16)12-4-2-3-5-13(12)15/h2-5,11,14H,6-9H2,1H3. The summed E-state index contributed by atoms with van der Waals surface area (Å²) in [5.74, 6) is 0.775. The van der Waals surface area contributed by atoms with Gasteiger partial charge in [0.2, 0.25) is 0 Å². The van der Waals surface area contributed by atoms with Crippen LogP contribution in [-0.4, -0.2) is 18.0 Å². The maximum Gasteiger partial charge on any atom is 0.125 e. The highest BCUT2D eigenvalue weighted by Crippen LogP contribution is 2.30. The molecule has 1 heterocycles. The summed E-state index contributed by atoms with van der Waals surface area (Å²) in [7, 11) is 0. The Bertz CT molecular complexity index is 416. The zero-order valence-corrected chi connectivity index (χ0v) is 10.8. The third-order valence-corrected chi connectivity index (χ3v) is 3.85. The van der Waals surface area contributed by atoms with Crippen molar-refractivity contribution in [2.45, 2.75) is 25.8 Å². The van der Waals surface area contributed by atoms with Crippen molar-refractivity contribution in [3.05, 3.63) is 34.9 Å². The van der Waals surface area contributed by atoms with E-state index in [2.05, 4.69) is 17.9 Å². The molecule has 1 aromatic carbocycles.